The predicted octanol–water partition coefficient (Wildman–Crippen LogP) is 1.96. The smallest absolute Gasteiger partial charge is 0.220 e. The summed E-state index contributed by atoms with van der Waals surface area (Å²) in [5.74, 6) is 0.0810. The average Bonchev–Trinajstić information content (AvgIpc) is 2.70. The van der Waals surface area contributed by atoms with Crippen LogP contribution in [0.15, 0.2) is 17.5 Å². The molecular weight excluding hydrogens is 222 g/mol. The van der Waals surface area contributed by atoms with Gasteiger partial charge in [0.1, 0.15) is 0 Å². The first-order valence-corrected chi connectivity index (χ1v) is 6.53. The molecule has 4 heteroatoms. The molecule has 0 radical (unpaired) electrons. The Balaban J connectivity index is 2.18. The molecule has 0 saturated carbocycles. The van der Waals surface area contributed by atoms with Gasteiger partial charge in [-0.15, -0.1) is 11.3 Å². The minimum absolute atomic E-state index is 0.0810. The topological polar surface area (TPSA) is 49.3 Å². The zero-order valence-corrected chi connectivity index (χ0v) is 10.4. The fourth-order valence-corrected chi connectivity index (χ4v) is 2.36. The van der Waals surface area contributed by atoms with Gasteiger partial charge in [-0.25, -0.2) is 0 Å². The van der Waals surface area contributed by atoms with Crippen molar-refractivity contribution in [1.29, 1.82) is 0 Å². The van der Waals surface area contributed by atoms with Gasteiger partial charge in [0.05, 0.1) is 0 Å². The summed E-state index contributed by atoms with van der Waals surface area (Å²) >= 11 is 1.72. The third-order valence-electron chi connectivity index (χ3n) is 2.31. The van der Waals surface area contributed by atoms with Gasteiger partial charge in [-0.2, -0.15) is 0 Å². The normalized spacial score (nSPS) is 12.4. The van der Waals surface area contributed by atoms with E-state index in [4.69, 9.17) is 5.11 Å². The monoisotopic (exact) mass is 241 g/mol. The summed E-state index contributed by atoms with van der Waals surface area (Å²) in [6.45, 7) is 2.18. The molecular formula is C12H19NO2S. The number of aliphatic hydroxyl groups excluding tert-OH is 1. The molecule has 0 aliphatic heterocycles. The minimum atomic E-state index is 0.0810. The summed E-state index contributed by atoms with van der Waals surface area (Å²) in [6, 6.07) is 4.29. The van der Waals surface area contributed by atoms with Gasteiger partial charge in [-0.05, 0) is 31.2 Å². The summed E-state index contributed by atoms with van der Waals surface area (Å²) in [4.78, 5) is 12.8. The van der Waals surface area contributed by atoms with Crippen LogP contribution in [0.1, 0.15) is 31.1 Å². The summed E-state index contributed by atoms with van der Waals surface area (Å²) < 4.78 is 0. The van der Waals surface area contributed by atoms with Crippen molar-refractivity contribution in [1.82, 2.24) is 5.32 Å². The highest BCUT2D eigenvalue weighted by molar-refractivity contribution is 7.09. The van der Waals surface area contributed by atoms with E-state index in [0.717, 1.165) is 12.8 Å². The average molecular weight is 241 g/mol. The highest BCUT2D eigenvalue weighted by Crippen LogP contribution is 2.11. The van der Waals surface area contributed by atoms with Gasteiger partial charge >= 0.3 is 0 Å². The van der Waals surface area contributed by atoms with E-state index in [1.807, 2.05) is 18.4 Å². The second kappa shape index (κ2) is 7.41. The van der Waals surface area contributed by atoms with Gasteiger partial charge < -0.3 is 10.4 Å². The van der Waals surface area contributed by atoms with Crippen LogP contribution in [0.5, 0.6) is 0 Å². The lowest BCUT2D eigenvalue weighted by molar-refractivity contribution is -0.121. The Morgan fingerprint density at radius 3 is 3.00 bits per heavy atom. The number of amides is 1. The molecule has 1 aromatic heterocycles. The summed E-state index contributed by atoms with van der Waals surface area (Å²) in [6.07, 6.45) is 2.86. The van der Waals surface area contributed by atoms with Crippen LogP contribution in [-0.2, 0) is 11.2 Å². The van der Waals surface area contributed by atoms with Crippen molar-refractivity contribution < 1.29 is 9.90 Å². The predicted molar refractivity (Wildman–Crippen MR) is 66.6 cm³/mol. The van der Waals surface area contributed by atoms with Crippen LogP contribution in [0.25, 0.3) is 0 Å². The maximum Gasteiger partial charge on any atom is 0.220 e. The van der Waals surface area contributed by atoms with Crippen LogP contribution in [0.4, 0.5) is 0 Å². The number of hydrogen-bond donors (Lipinski definition) is 2. The van der Waals surface area contributed by atoms with Gasteiger partial charge in [0.25, 0.3) is 0 Å². The molecule has 0 fully saturated rings. The standard InChI is InChI=1S/C12H19NO2S/c1-10(9-11-5-4-8-16-11)13-12(15)6-2-3-7-14/h4-5,8,10,14H,2-3,6-7,9H2,1H3,(H,13,15). The Labute approximate surface area is 100 Å². The van der Waals surface area contributed by atoms with E-state index in [0.29, 0.717) is 12.8 Å². The Hall–Kier alpha value is -0.870. The van der Waals surface area contributed by atoms with Gasteiger partial charge in [0.15, 0.2) is 0 Å². The van der Waals surface area contributed by atoms with E-state index in [2.05, 4.69) is 11.4 Å². The lowest BCUT2D eigenvalue weighted by Crippen LogP contribution is -2.33. The van der Waals surface area contributed by atoms with Crippen molar-refractivity contribution in [2.24, 2.45) is 0 Å². The van der Waals surface area contributed by atoms with Crippen molar-refractivity contribution in [3.8, 4) is 0 Å². The van der Waals surface area contributed by atoms with Crippen LogP contribution in [0.3, 0.4) is 0 Å². The SMILES string of the molecule is CC(Cc1cccs1)NC(=O)CCCCO. The minimum Gasteiger partial charge on any atom is -0.396 e. The van der Waals surface area contributed by atoms with Crippen LogP contribution in [0, 0.1) is 0 Å². The fraction of sp³-hybridized carbons (Fsp3) is 0.583. The molecule has 0 aliphatic rings. The quantitative estimate of drug-likeness (QED) is 0.717. The van der Waals surface area contributed by atoms with Crippen LogP contribution >= 0.6 is 11.3 Å². The lowest BCUT2D eigenvalue weighted by atomic mass is 10.2. The lowest BCUT2D eigenvalue weighted by Gasteiger charge is -2.12. The zero-order chi connectivity index (χ0) is 11.8. The number of nitrogens with one attached hydrogen (secondary N) is 1. The Morgan fingerprint density at radius 1 is 1.56 bits per heavy atom. The maximum atomic E-state index is 11.5. The molecule has 0 bridgehead atoms. The molecule has 1 aromatic rings. The number of aliphatic hydroxyl groups is 1. The summed E-state index contributed by atoms with van der Waals surface area (Å²) in [5, 5.41) is 13.6. The van der Waals surface area contributed by atoms with Crippen molar-refractivity contribution in [2.45, 2.75) is 38.6 Å². The first-order valence-electron chi connectivity index (χ1n) is 5.65. The molecule has 3 nitrogen and oxygen atoms in total. The molecule has 90 valence electrons. The van der Waals surface area contributed by atoms with E-state index in [1.54, 1.807) is 11.3 Å². The van der Waals surface area contributed by atoms with Crippen molar-refractivity contribution in [2.75, 3.05) is 6.61 Å². The molecule has 2 N–H and O–H groups in total. The molecule has 1 rings (SSSR count). The zero-order valence-electron chi connectivity index (χ0n) is 9.61. The maximum absolute atomic E-state index is 11.5. The Morgan fingerprint density at radius 2 is 2.38 bits per heavy atom. The number of hydrogen-bond acceptors (Lipinski definition) is 3. The van der Waals surface area contributed by atoms with Gasteiger partial charge in [0.2, 0.25) is 5.91 Å². The molecule has 16 heavy (non-hydrogen) atoms. The number of thiophene rings is 1. The Bertz CT molecular complexity index is 298. The second-order valence-corrected chi connectivity index (χ2v) is 4.97. The van der Waals surface area contributed by atoms with E-state index in [1.165, 1.54) is 4.88 Å². The number of carbonyl (C=O) groups is 1. The molecule has 0 saturated heterocycles. The fourth-order valence-electron chi connectivity index (χ4n) is 1.53. The third kappa shape index (κ3) is 5.28. The van der Waals surface area contributed by atoms with Gasteiger partial charge in [0, 0.05) is 30.4 Å². The van der Waals surface area contributed by atoms with Crippen LogP contribution in [-0.4, -0.2) is 23.7 Å². The van der Waals surface area contributed by atoms with E-state index in [-0.39, 0.29) is 18.6 Å². The van der Waals surface area contributed by atoms with Crippen molar-refractivity contribution in [3.63, 3.8) is 0 Å². The number of carbonyl (C=O) groups excluding carboxylic acids is 1. The number of unbranched alkanes of at least 4 members (excludes halogenated alkanes) is 1. The molecule has 0 spiro atoms. The molecule has 1 amide bonds. The first-order chi connectivity index (χ1) is 7.72. The first kappa shape index (κ1) is 13.2. The van der Waals surface area contributed by atoms with Crippen molar-refractivity contribution in [3.05, 3.63) is 22.4 Å². The summed E-state index contributed by atoms with van der Waals surface area (Å²) in [5.41, 5.74) is 0. The van der Waals surface area contributed by atoms with Crippen LogP contribution < -0.4 is 5.32 Å². The highest BCUT2D eigenvalue weighted by atomic mass is 32.1. The summed E-state index contributed by atoms with van der Waals surface area (Å²) in [7, 11) is 0. The highest BCUT2D eigenvalue weighted by Gasteiger charge is 2.08. The molecule has 1 unspecified atom stereocenters. The van der Waals surface area contributed by atoms with Crippen LogP contribution in [0.2, 0.25) is 0 Å². The third-order valence-corrected chi connectivity index (χ3v) is 3.21. The van der Waals surface area contributed by atoms with E-state index >= 15 is 0 Å². The molecule has 1 atom stereocenters. The van der Waals surface area contributed by atoms with Gasteiger partial charge in [-0.1, -0.05) is 6.07 Å². The van der Waals surface area contributed by atoms with Gasteiger partial charge in [-0.3, -0.25) is 4.79 Å². The second-order valence-electron chi connectivity index (χ2n) is 3.93. The Kier molecular flexibility index (Phi) is 6.11. The largest absolute Gasteiger partial charge is 0.396 e. The van der Waals surface area contributed by atoms with E-state index in [9.17, 15) is 4.79 Å². The molecule has 0 aromatic carbocycles. The van der Waals surface area contributed by atoms with E-state index < -0.39 is 0 Å². The van der Waals surface area contributed by atoms with Crippen molar-refractivity contribution >= 4 is 17.2 Å². The number of rotatable bonds is 7. The molecule has 1 heterocycles. The molecule has 0 aliphatic carbocycles.